The third-order valence-corrected chi connectivity index (χ3v) is 3.25. The van der Waals surface area contributed by atoms with Gasteiger partial charge < -0.3 is 0 Å². The normalized spacial score (nSPS) is 19.3. The fourth-order valence-electron chi connectivity index (χ4n) is 1.91. The molecule has 0 saturated carbocycles. The van der Waals surface area contributed by atoms with Gasteiger partial charge in [-0.1, -0.05) is 0 Å². The minimum absolute atomic E-state index is 1.71. The van der Waals surface area contributed by atoms with Crippen LogP contribution in [0.2, 0.25) is 0 Å². The van der Waals surface area contributed by atoms with Crippen LogP contribution in [0.1, 0.15) is 6.92 Å². The van der Waals surface area contributed by atoms with Crippen molar-refractivity contribution < 1.29 is 74.6 Å². The fraction of sp³-hybridized carbons (Fsp3) is 0.800. The Morgan fingerprint density at radius 2 is 0.815 bits per heavy atom. The van der Waals surface area contributed by atoms with E-state index >= 15 is 0 Å². The van der Waals surface area contributed by atoms with Gasteiger partial charge >= 0.3 is 30.4 Å². The molecule has 27 heavy (non-hydrogen) atoms. The summed E-state index contributed by atoms with van der Waals surface area (Å²) in [6.45, 7) is -1.71. The quantitative estimate of drug-likeness (QED) is 0.433. The van der Waals surface area contributed by atoms with Gasteiger partial charge in [-0.3, -0.25) is 0 Å². The number of halogens is 17. The van der Waals surface area contributed by atoms with E-state index in [1.54, 1.807) is 0 Å². The second-order valence-electron chi connectivity index (χ2n) is 4.95. The molecule has 0 aliphatic heterocycles. The Morgan fingerprint density at radius 3 is 0.963 bits per heavy atom. The SMILES string of the molecule is CC(F)(C(F)(F)F)C(F)(C(=C(F)F)C(F)(F)F)C(F)(C(F)(F)F)C(F)(F)F. The van der Waals surface area contributed by atoms with Crippen molar-refractivity contribution in [2.75, 3.05) is 0 Å². The highest BCUT2D eigenvalue weighted by atomic mass is 19.4. The topological polar surface area (TPSA) is 0 Å². The summed E-state index contributed by atoms with van der Waals surface area (Å²) >= 11 is 0. The van der Waals surface area contributed by atoms with Crippen molar-refractivity contribution in [1.82, 2.24) is 0 Å². The third kappa shape index (κ3) is 3.52. The predicted molar refractivity (Wildman–Crippen MR) is 50.7 cm³/mol. The van der Waals surface area contributed by atoms with Crippen molar-refractivity contribution in [2.45, 2.75) is 48.6 Å². The van der Waals surface area contributed by atoms with Crippen molar-refractivity contribution in [3.8, 4) is 0 Å². The summed E-state index contributed by atoms with van der Waals surface area (Å²) in [5.74, 6) is 0. The maximum absolute atomic E-state index is 14.3. The minimum atomic E-state index is -8.39. The molecule has 0 rings (SSSR count). The van der Waals surface area contributed by atoms with Crippen LogP contribution in [-0.4, -0.2) is 41.7 Å². The lowest BCUT2D eigenvalue weighted by molar-refractivity contribution is -0.404. The monoisotopic (exact) mass is 446 g/mol. The maximum Gasteiger partial charge on any atom is 0.435 e. The summed E-state index contributed by atoms with van der Waals surface area (Å²) < 4.78 is 217. The largest absolute Gasteiger partial charge is 0.435 e. The minimum Gasteiger partial charge on any atom is -0.230 e. The Morgan fingerprint density at radius 1 is 0.519 bits per heavy atom. The molecule has 0 heterocycles. The van der Waals surface area contributed by atoms with Gasteiger partial charge in [0, 0.05) is 0 Å². The standard InChI is InChI=1S/C10H3F17/c1-4(13,8(19,20)21)5(14,2(3(11)12)6(15,16)17)7(18,9(22,23)24)10(25,26)27/h1H3. The molecule has 0 spiro atoms. The van der Waals surface area contributed by atoms with E-state index in [9.17, 15) is 74.6 Å². The van der Waals surface area contributed by atoms with E-state index < -0.39 is 60.3 Å². The molecule has 162 valence electrons. The van der Waals surface area contributed by atoms with Crippen LogP contribution in [0, 0.1) is 0 Å². The van der Waals surface area contributed by atoms with E-state index in [4.69, 9.17) is 0 Å². The predicted octanol–water partition coefficient (Wildman–Crippen LogP) is 6.53. The Hall–Kier alpha value is -1.45. The van der Waals surface area contributed by atoms with Crippen LogP contribution in [0.3, 0.4) is 0 Å². The maximum atomic E-state index is 14.3. The van der Waals surface area contributed by atoms with Gasteiger partial charge in [0.2, 0.25) is 11.3 Å². The van der Waals surface area contributed by atoms with Crippen molar-refractivity contribution in [2.24, 2.45) is 0 Å². The first-order valence-corrected chi connectivity index (χ1v) is 5.71. The number of alkyl halides is 15. The van der Waals surface area contributed by atoms with E-state index in [0.717, 1.165) is 0 Å². The van der Waals surface area contributed by atoms with Gasteiger partial charge in [0.25, 0.3) is 6.08 Å². The van der Waals surface area contributed by atoms with Crippen LogP contribution < -0.4 is 0 Å². The van der Waals surface area contributed by atoms with Crippen molar-refractivity contribution in [1.29, 1.82) is 0 Å². The number of rotatable bonds is 3. The highest BCUT2D eigenvalue weighted by Gasteiger charge is 2.93. The van der Waals surface area contributed by atoms with Crippen LogP contribution >= 0.6 is 0 Å². The zero-order valence-electron chi connectivity index (χ0n) is 11.9. The molecule has 0 aliphatic carbocycles. The second kappa shape index (κ2) is 6.28. The third-order valence-electron chi connectivity index (χ3n) is 3.25. The van der Waals surface area contributed by atoms with E-state index in [1.807, 2.05) is 0 Å². The number of hydrogen-bond donors (Lipinski definition) is 0. The van der Waals surface area contributed by atoms with E-state index in [2.05, 4.69) is 0 Å². The number of hydrogen-bond acceptors (Lipinski definition) is 0. The summed E-state index contributed by atoms with van der Waals surface area (Å²) in [4.78, 5) is 0. The number of allylic oxidation sites excluding steroid dienone is 1. The molecular weight excluding hydrogens is 443 g/mol. The highest BCUT2D eigenvalue weighted by Crippen LogP contribution is 2.65. The van der Waals surface area contributed by atoms with Crippen LogP contribution in [0.5, 0.6) is 0 Å². The molecule has 0 aromatic heterocycles. The molecule has 0 nitrogen and oxygen atoms in total. The molecule has 2 atom stereocenters. The molecular formula is C10H3F17. The molecule has 2 unspecified atom stereocenters. The molecule has 0 N–H and O–H groups in total. The second-order valence-corrected chi connectivity index (χ2v) is 4.95. The van der Waals surface area contributed by atoms with E-state index in [-0.39, 0.29) is 0 Å². The van der Waals surface area contributed by atoms with Crippen molar-refractivity contribution in [3.63, 3.8) is 0 Å². The summed E-state index contributed by atoms with van der Waals surface area (Å²) in [6.07, 6.45) is -36.1. The van der Waals surface area contributed by atoms with Gasteiger partial charge in [-0.05, 0) is 6.92 Å². The van der Waals surface area contributed by atoms with Gasteiger partial charge in [-0.25, -0.2) is 13.2 Å². The molecule has 0 radical (unpaired) electrons. The van der Waals surface area contributed by atoms with Crippen molar-refractivity contribution >= 4 is 0 Å². The van der Waals surface area contributed by atoms with Crippen molar-refractivity contribution in [3.05, 3.63) is 11.7 Å². The summed E-state index contributed by atoms with van der Waals surface area (Å²) in [5.41, 5.74) is -28.8. The summed E-state index contributed by atoms with van der Waals surface area (Å²) in [7, 11) is 0. The van der Waals surface area contributed by atoms with Gasteiger partial charge in [0.15, 0.2) is 0 Å². The average Bonchev–Trinajstić information content (AvgIpc) is 2.30. The molecule has 17 heteroatoms. The zero-order valence-corrected chi connectivity index (χ0v) is 11.9. The van der Waals surface area contributed by atoms with Crippen LogP contribution in [-0.2, 0) is 0 Å². The van der Waals surface area contributed by atoms with Gasteiger partial charge in [0.05, 0.1) is 0 Å². The lowest BCUT2D eigenvalue weighted by atomic mass is 9.69. The van der Waals surface area contributed by atoms with E-state index in [0.29, 0.717) is 0 Å². The summed E-state index contributed by atoms with van der Waals surface area (Å²) in [5, 5.41) is 0. The molecule has 0 aromatic rings. The molecule has 0 fully saturated rings. The lowest BCUT2D eigenvalue weighted by Gasteiger charge is -2.47. The van der Waals surface area contributed by atoms with Gasteiger partial charge in [-0.2, -0.15) is 61.5 Å². The first-order valence-electron chi connectivity index (χ1n) is 5.71. The molecule has 0 amide bonds. The van der Waals surface area contributed by atoms with Gasteiger partial charge in [-0.15, -0.1) is 0 Å². The van der Waals surface area contributed by atoms with Gasteiger partial charge in [0.1, 0.15) is 5.57 Å². The first kappa shape index (κ1) is 25.6. The Labute approximate surface area is 136 Å². The Bertz CT molecular complexity index is 563. The van der Waals surface area contributed by atoms with Crippen LogP contribution in [0.15, 0.2) is 11.7 Å². The molecule has 0 aliphatic rings. The zero-order chi connectivity index (χ0) is 22.7. The smallest absolute Gasteiger partial charge is 0.230 e. The molecule has 0 aromatic carbocycles. The van der Waals surface area contributed by atoms with Crippen LogP contribution in [0.25, 0.3) is 0 Å². The average molecular weight is 446 g/mol. The molecule has 0 saturated heterocycles. The lowest BCUT2D eigenvalue weighted by Crippen LogP contribution is -2.76. The van der Waals surface area contributed by atoms with E-state index in [1.165, 1.54) is 0 Å². The fourth-order valence-corrected chi connectivity index (χ4v) is 1.91. The first-order chi connectivity index (χ1) is 11.3. The highest BCUT2D eigenvalue weighted by molar-refractivity contribution is 5.38. The van der Waals surface area contributed by atoms with Crippen LogP contribution in [0.4, 0.5) is 74.6 Å². The Balaban J connectivity index is 7.81. The summed E-state index contributed by atoms with van der Waals surface area (Å²) in [6, 6.07) is 0. The Kier molecular flexibility index (Phi) is 5.95. The molecule has 0 bridgehead atoms.